The Morgan fingerprint density at radius 3 is 1.80 bits per heavy atom. The molecule has 0 radical (unpaired) electrons. The number of fused-ring (bicyclic) bond motifs is 7. The van der Waals surface area contributed by atoms with Gasteiger partial charge in [0, 0.05) is 50.3 Å². The minimum Gasteiger partial charge on any atom is -0.456 e. The van der Waals surface area contributed by atoms with E-state index in [1.54, 1.807) is 0 Å². The van der Waals surface area contributed by atoms with Gasteiger partial charge in [-0.1, -0.05) is 103 Å². The van der Waals surface area contributed by atoms with Crippen LogP contribution in [0, 0.1) is 0 Å². The van der Waals surface area contributed by atoms with Crippen molar-refractivity contribution in [1.82, 2.24) is 24.5 Å². The van der Waals surface area contributed by atoms with Crippen molar-refractivity contribution >= 4 is 43.7 Å². The van der Waals surface area contributed by atoms with Gasteiger partial charge in [-0.25, -0.2) is 15.0 Å². The minimum absolute atomic E-state index is 0.546. The van der Waals surface area contributed by atoms with E-state index in [9.17, 15) is 0 Å². The Balaban J connectivity index is 1.31. The molecule has 4 heterocycles. The van der Waals surface area contributed by atoms with E-state index < -0.39 is 0 Å². The van der Waals surface area contributed by atoms with Crippen molar-refractivity contribution in [3.63, 3.8) is 0 Å². The average molecular weight is 642 g/mol. The first-order chi connectivity index (χ1) is 24.8. The van der Waals surface area contributed by atoms with Crippen LogP contribution in [0.25, 0.3) is 94.9 Å². The summed E-state index contributed by atoms with van der Waals surface area (Å²) in [6, 6.07) is 53.6. The molecule has 0 spiro atoms. The van der Waals surface area contributed by atoms with Crippen LogP contribution in [0.5, 0.6) is 0 Å². The number of para-hydroxylation sites is 2. The van der Waals surface area contributed by atoms with E-state index in [1.165, 1.54) is 10.8 Å². The number of pyridine rings is 1. The number of benzene rings is 6. The maximum atomic E-state index is 6.73. The highest BCUT2D eigenvalue weighted by Crippen LogP contribution is 2.44. The first kappa shape index (κ1) is 28.1. The van der Waals surface area contributed by atoms with Gasteiger partial charge in [0.25, 0.3) is 0 Å². The molecule has 0 aliphatic rings. The zero-order chi connectivity index (χ0) is 33.0. The molecule has 0 bridgehead atoms. The fourth-order valence-corrected chi connectivity index (χ4v) is 7.06. The van der Waals surface area contributed by atoms with Crippen LogP contribution in [0.15, 0.2) is 168 Å². The second-order valence-electron chi connectivity index (χ2n) is 12.3. The van der Waals surface area contributed by atoms with Crippen LogP contribution in [-0.2, 0) is 0 Å². The molecule has 0 atom stereocenters. The molecule has 0 aliphatic carbocycles. The van der Waals surface area contributed by atoms with Crippen molar-refractivity contribution in [3.8, 4) is 51.1 Å². The van der Waals surface area contributed by atoms with Gasteiger partial charge in [-0.2, -0.15) is 0 Å². The predicted molar refractivity (Wildman–Crippen MR) is 201 cm³/mol. The van der Waals surface area contributed by atoms with Gasteiger partial charge >= 0.3 is 0 Å². The van der Waals surface area contributed by atoms with Gasteiger partial charge in [0.1, 0.15) is 11.2 Å². The zero-order valence-corrected chi connectivity index (χ0v) is 26.7. The standard InChI is InChI=1S/C44H27N5O/c1-4-14-28(15-5-1)42-46-43(29-16-6-2-7-17-29)48-44(47-42)34-27-39-35(26-33(34)36-21-12-13-25-45-36)40-38(50-39)24-23-32-31-20-10-11-22-37(31)49(41(32)40)30-18-8-3-9-19-30/h1-27H. The monoisotopic (exact) mass is 641 g/mol. The van der Waals surface area contributed by atoms with Crippen LogP contribution in [0.3, 0.4) is 0 Å². The van der Waals surface area contributed by atoms with Crippen molar-refractivity contribution < 1.29 is 4.42 Å². The number of furan rings is 1. The molecule has 234 valence electrons. The SMILES string of the molecule is c1ccc(-c2nc(-c3ccccc3)nc(-c3cc4oc5ccc6c7ccccc7n(-c7ccccc7)c6c5c4cc3-c3ccccn3)n2)cc1. The molecule has 4 aromatic heterocycles. The highest BCUT2D eigenvalue weighted by molar-refractivity contribution is 6.25. The smallest absolute Gasteiger partial charge is 0.164 e. The molecule has 0 N–H and O–H groups in total. The van der Waals surface area contributed by atoms with Crippen molar-refractivity contribution in [2.45, 2.75) is 0 Å². The molecule has 10 aromatic rings. The van der Waals surface area contributed by atoms with E-state index in [0.717, 1.165) is 66.6 Å². The summed E-state index contributed by atoms with van der Waals surface area (Å²) >= 11 is 0. The summed E-state index contributed by atoms with van der Waals surface area (Å²) in [4.78, 5) is 19.9. The van der Waals surface area contributed by atoms with Crippen LogP contribution in [-0.4, -0.2) is 24.5 Å². The molecule has 10 rings (SSSR count). The maximum Gasteiger partial charge on any atom is 0.164 e. The molecular formula is C44H27N5O. The van der Waals surface area contributed by atoms with E-state index in [2.05, 4.69) is 83.4 Å². The predicted octanol–water partition coefficient (Wildman–Crippen LogP) is 10.9. The molecule has 0 saturated carbocycles. The molecular weight excluding hydrogens is 615 g/mol. The van der Waals surface area contributed by atoms with Gasteiger partial charge in [0.05, 0.1) is 22.1 Å². The molecule has 0 saturated heterocycles. The van der Waals surface area contributed by atoms with Gasteiger partial charge in [-0.15, -0.1) is 0 Å². The summed E-state index contributed by atoms with van der Waals surface area (Å²) in [7, 11) is 0. The third kappa shape index (κ3) is 4.50. The largest absolute Gasteiger partial charge is 0.456 e. The first-order valence-electron chi connectivity index (χ1n) is 16.6. The van der Waals surface area contributed by atoms with Crippen molar-refractivity contribution in [3.05, 3.63) is 164 Å². The maximum absolute atomic E-state index is 6.73. The van der Waals surface area contributed by atoms with Crippen molar-refractivity contribution in [2.75, 3.05) is 0 Å². The Morgan fingerprint density at radius 2 is 1.10 bits per heavy atom. The van der Waals surface area contributed by atoms with Gasteiger partial charge in [-0.05, 0) is 54.6 Å². The third-order valence-corrected chi connectivity index (χ3v) is 9.30. The quantitative estimate of drug-likeness (QED) is 0.187. The van der Waals surface area contributed by atoms with Crippen LogP contribution in [0.1, 0.15) is 0 Å². The summed E-state index contributed by atoms with van der Waals surface area (Å²) in [5, 5.41) is 4.40. The average Bonchev–Trinajstić information content (AvgIpc) is 3.74. The number of hydrogen-bond donors (Lipinski definition) is 0. The second kappa shape index (κ2) is 11.4. The summed E-state index contributed by atoms with van der Waals surface area (Å²) < 4.78 is 9.07. The molecule has 0 fully saturated rings. The fraction of sp³-hybridized carbons (Fsp3) is 0. The number of aromatic nitrogens is 5. The lowest BCUT2D eigenvalue weighted by molar-refractivity contribution is 0.669. The number of hydrogen-bond acceptors (Lipinski definition) is 5. The summed E-state index contributed by atoms with van der Waals surface area (Å²) in [6.45, 7) is 0. The Morgan fingerprint density at radius 1 is 0.460 bits per heavy atom. The van der Waals surface area contributed by atoms with E-state index in [1.807, 2.05) is 85.1 Å². The highest BCUT2D eigenvalue weighted by atomic mass is 16.3. The Labute approximate surface area is 287 Å². The summed E-state index contributed by atoms with van der Waals surface area (Å²) in [5.41, 5.74) is 9.25. The zero-order valence-electron chi connectivity index (χ0n) is 26.7. The Bertz CT molecular complexity index is 2790. The molecule has 0 aliphatic heterocycles. The van der Waals surface area contributed by atoms with E-state index in [4.69, 9.17) is 24.4 Å². The van der Waals surface area contributed by atoms with Crippen molar-refractivity contribution in [1.29, 1.82) is 0 Å². The van der Waals surface area contributed by atoms with Crippen LogP contribution in [0.4, 0.5) is 0 Å². The van der Waals surface area contributed by atoms with Crippen molar-refractivity contribution in [2.24, 2.45) is 0 Å². The lowest BCUT2D eigenvalue weighted by atomic mass is 9.98. The van der Waals surface area contributed by atoms with Gasteiger partial charge < -0.3 is 8.98 Å². The second-order valence-corrected chi connectivity index (χ2v) is 12.3. The van der Waals surface area contributed by atoms with Crippen LogP contribution < -0.4 is 0 Å². The Kier molecular flexibility index (Phi) is 6.39. The van der Waals surface area contributed by atoms with Crippen LogP contribution >= 0.6 is 0 Å². The normalized spacial score (nSPS) is 11.6. The molecule has 0 amide bonds. The highest BCUT2D eigenvalue weighted by Gasteiger charge is 2.23. The molecule has 50 heavy (non-hydrogen) atoms. The van der Waals surface area contributed by atoms with E-state index >= 15 is 0 Å². The summed E-state index contributed by atoms with van der Waals surface area (Å²) in [5.74, 6) is 1.74. The van der Waals surface area contributed by atoms with Gasteiger partial charge in [-0.3, -0.25) is 4.98 Å². The lowest BCUT2D eigenvalue weighted by Crippen LogP contribution is -2.01. The third-order valence-electron chi connectivity index (χ3n) is 9.30. The topological polar surface area (TPSA) is 69.6 Å². The number of nitrogens with zero attached hydrogens (tertiary/aromatic N) is 5. The lowest BCUT2D eigenvalue weighted by Gasteiger charge is -2.12. The van der Waals surface area contributed by atoms with E-state index in [0.29, 0.717) is 17.5 Å². The minimum atomic E-state index is 0.546. The Hall–Kier alpha value is -6.92. The summed E-state index contributed by atoms with van der Waals surface area (Å²) in [6.07, 6.45) is 1.82. The number of rotatable bonds is 5. The van der Waals surface area contributed by atoms with E-state index in [-0.39, 0.29) is 0 Å². The molecule has 6 aromatic carbocycles. The van der Waals surface area contributed by atoms with Gasteiger partial charge in [0.15, 0.2) is 17.5 Å². The first-order valence-corrected chi connectivity index (χ1v) is 16.6. The molecule has 6 nitrogen and oxygen atoms in total. The molecule has 0 unspecified atom stereocenters. The molecule has 6 heteroatoms. The van der Waals surface area contributed by atoms with Gasteiger partial charge in [0.2, 0.25) is 0 Å². The van der Waals surface area contributed by atoms with Crippen LogP contribution in [0.2, 0.25) is 0 Å². The fourth-order valence-electron chi connectivity index (χ4n) is 7.06.